The van der Waals surface area contributed by atoms with Crippen molar-refractivity contribution in [3.8, 4) is 5.75 Å². The Balaban J connectivity index is 1.30. The number of carbonyl (C=O) groups excluding carboxylic acids is 1. The van der Waals surface area contributed by atoms with E-state index in [0.717, 1.165) is 28.6 Å². The molecular weight excluding hydrogens is 507 g/mol. The molecule has 1 atom stereocenters. The molecule has 10 heteroatoms. The van der Waals surface area contributed by atoms with Crippen molar-refractivity contribution < 1.29 is 27.8 Å². The van der Waals surface area contributed by atoms with Crippen LogP contribution in [0, 0.1) is 0 Å². The van der Waals surface area contributed by atoms with Crippen molar-refractivity contribution in [2.24, 2.45) is 0 Å². The lowest BCUT2D eigenvalue weighted by Crippen LogP contribution is -2.45. The number of piperidine rings is 1. The number of carbonyl (C=O) groups is 1. The maximum Gasteiger partial charge on any atom is 0.417 e. The summed E-state index contributed by atoms with van der Waals surface area (Å²) in [5.74, 6) is 0.315. The van der Waals surface area contributed by atoms with Crippen molar-refractivity contribution in [1.82, 2.24) is 15.2 Å². The number of aliphatic hydroxyl groups is 1. The lowest BCUT2D eigenvalue weighted by atomic mass is 10.0. The Labute approximate surface area is 217 Å². The van der Waals surface area contributed by atoms with Crippen LogP contribution in [0.5, 0.6) is 5.75 Å². The third-order valence-corrected chi connectivity index (χ3v) is 6.76. The number of aromatic nitrogens is 1. The van der Waals surface area contributed by atoms with E-state index in [-0.39, 0.29) is 22.5 Å². The molecule has 4 rings (SSSR count). The summed E-state index contributed by atoms with van der Waals surface area (Å²) in [5.41, 5.74) is 0.850. The highest BCUT2D eigenvalue weighted by atomic mass is 35.5. The molecule has 1 saturated heterocycles. The molecule has 0 saturated carbocycles. The van der Waals surface area contributed by atoms with Crippen molar-refractivity contribution in [1.29, 1.82) is 0 Å². The highest BCUT2D eigenvalue weighted by molar-refractivity contribution is 6.31. The first-order valence-electron chi connectivity index (χ1n) is 11.8. The zero-order chi connectivity index (χ0) is 26.6. The van der Waals surface area contributed by atoms with E-state index in [2.05, 4.69) is 15.2 Å². The summed E-state index contributed by atoms with van der Waals surface area (Å²) < 4.78 is 44.4. The van der Waals surface area contributed by atoms with Gasteiger partial charge in [-0.1, -0.05) is 17.7 Å². The molecule has 1 aromatic heterocycles. The molecule has 1 amide bonds. The molecule has 2 N–H and O–H groups in total. The maximum absolute atomic E-state index is 13.0. The molecule has 0 radical (unpaired) electrons. The Morgan fingerprint density at radius 3 is 2.70 bits per heavy atom. The summed E-state index contributed by atoms with van der Waals surface area (Å²) in [6.45, 7) is 1.81. The predicted octanol–water partition coefficient (Wildman–Crippen LogP) is 5.24. The SMILES string of the molecule is COc1ccc2nccc([C@@H](O)CN3CCC(NC(=O)/C=C/c4ccc(Cl)c(C(F)(F)F)c4)CC3)c2c1. The molecule has 1 aliphatic rings. The molecule has 2 heterocycles. The van der Waals surface area contributed by atoms with Gasteiger partial charge in [0.05, 0.1) is 29.3 Å². The van der Waals surface area contributed by atoms with Crippen LogP contribution >= 0.6 is 11.6 Å². The van der Waals surface area contributed by atoms with E-state index in [1.54, 1.807) is 13.3 Å². The van der Waals surface area contributed by atoms with E-state index in [0.29, 0.717) is 38.2 Å². The Morgan fingerprint density at radius 1 is 1.24 bits per heavy atom. The standard InChI is InChI=1S/C27H27ClF3N3O3/c1-37-19-4-6-24-21(15-19)20(8-11-32-24)25(35)16-34-12-9-18(10-13-34)33-26(36)7-3-17-2-5-23(28)22(14-17)27(29,30)31/h2-8,11,14-15,18,25,35H,9-10,12-13,16H2,1H3,(H,33,36)/b7-3+/t25-/m0/s1. The van der Waals surface area contributed by atoms with Gasteiger partial charge in [-0.15, -0.1) is 0 Å². The summed E-state index contributed by atoms with van der Waals surface area (Å²) in [5, 5.41) is 14.3. The number of β-amino-alcohol motifs (C(OH)–C–C–N with tert-alkyl or cyclic N) is 1. The van der Waals surface area contributed by atoms with Gasteiger partial charge in [0, 0.05) is 43.3 Å². The molecule has 2 aromatic carbocycles. The summed E-state index contributed by atoms with van der Waals surface area (Å²) in [6, 6.07) is 10.8. The monoisotopic (exact) mass is 533 g/mol. The quantitative estimate of drug-likeness (QED) is 0.406. The fourth-order valence-corrected chi connectivity index (χ4v) is 4.68. The number of hydrogen-bond donors (Lipinski definition) is 2. The van der Waals surface area contributed by atoms with Gasteiger partial charge in [0.1, 0.15) is 5.75 Å². The zero-order valence-corrected chi connectivity index (χ0v) is 20.9. The van der Waals surface area contributed by atoms with Crippen LogP contribution in [-0.4, -0.2) is 53.7 Å². The summed E-state index contributed by atoms with van der Waals surface area (Å²) >= 11 is 5.64. The number of hydrogen-bond acceptors (Lipinski definition) is 5. The molecule has 1 fully saturated rings. The first-order valence-corrected chi connectivity index (χ1v) is 12.2. The number of methoxy groups -OCH3 is 1. The number of halogens is 4. The van der Waals surface area contributed by atoms with Crippen LogP contribution in [0.3, 0.4) is 0 Å². The van der Waals surface area contributed by atoms with Crippen LogP contribution in [-0.2, 0) is 11.0 Å². The summed E-state index contributed by atoms with van der Waals surface area (Å²) in [6.07, 6.45) is 0.335. The molecule has 0 aliphatic carbocycles. The van der Waals surface area contributed by atoms with Crippen LogP contribution in [0.4, 0.5) is 13.2 Å². The smallest absolute Gasteiger partial charge is 0.417 e. The van der Waals surface area contributed by atoms with Crippen molar-refractivity contribution in [2.45, 2.75) is 31.2 Å². The number of amides is 1. The van der Waals surface area contributed by atoms with Crippen molar-refractivity contribution in [3.05, 3.63) is 76.5 Å². The highest BCUT2D eigenvalue weighted by Gasteiger charge is 2.33. The second-order valence-electron chi connectivity index (χ2n) is 8.95. The highest BCUT2D eigenvalue weighted by Crippen LogP contribution is 2.35. The van der Waals surface area contributed by atoms with Gasteiger partial charge < -0.3 is 20.1 Å². The minimum absolute atomic E-state index is 0.0625. The first kappa shape index (κ1) is 26.9. The number of nitrogens with one attached hydrogen (secondary N) is 1. The number of pyridine rings is 1. The van der Waals surface area contributed by atoms with Crippen LogP contribution in [0.25, 0.3) is 17.0 Å². The number of likely N-dealkylation sites (tertiary alicyclic amines) is 1. The molecule has 0 bridgehead atoms. The van der Waals surface area contributed by atoms with Gasteiger partial charge in [-0.25, -0.2) is 0 Å². The molecule has 3 aromatic rings. The summed E-state index contributed by atoms with van der Waals surface area (Å²) in [7, 11) is 1.59. The normalized spacial score (nSPS) is 16.3. The van der Waals surface area contributed by atoms with Crippen molar-refractivity contribution in [2.75, 3.05) is 26.7 Å². The van der Waals surface area contributed by atoms with Gasteiger partial charge in [-0.2, -0.15) is 13.2 Å². The number of aliphatic hydroxyl groups excluding tert-OH is 1. The van der Waals surface area contributed by atoms with Crippen molar-refractivity contribution >= 4 is 34.5 Å². The average molecular weight is 534 g/mol. The lowest BCUT2D eigenvalue weighted by molar-refractivity contribution is -0.137. The minimum Gasteiger partial charge on any atom is -0.497 e. The Bertz CT molecular complexity index is 1290. The molecule has 196 valence electrons. The Hall–Kier alpha value is -3.14. The number of alkyl halides is 3. The third kappa shape index (κ3) is 6.80. The fraction of sp³-hybridized carbons (Fsp3) is 0.333. The number of benzene rings is 2. The number of ether oxygens (including phenoxy) is 1. The molecule has 37 heavy (non-hydrogen) atoms. The number of rotatable bonds is 7. The topological polar surface area (TPSA) is 74.7 Å². The second-order valence-corrected chi connectivity index (χ2v) is 9.36. The van der Waals surface area contributed by atoms with E-state index in [4.69, 9.17) is 16.3 Å². The van der Waals surface area contributed by atoms with Gasteiger partial charge in [0.15, 0.2) is 0 Å². The van der Waals surface area contributed by atoms with E-state index >= 15 is 0 Å². The summed E-state index contributed by atoms with van der Waals surface area (Å²) in [4.78, 5) is 18.8. The first-order chi connectivity index (χ1) is 17.6. The van der Waals surface area contributed by atoms with Gasteiger partial charge >= 0.3 is 6.18 Å². The molecular formula is C27H27ClF3N3O3. The minimum atomic E-state index is -4.57. The molecule has 0 unspecified atom stereocenters. The van der Waals surface area contributed by atoms with E-state index < -0.39 is 17.8 Å². The largest absolute Gasteiger partial charge is 0.497 e. The van der Waals surface area contributed by atoms with Gasteiger partial charge in [-0.05, 0) is 66.4 Å². The maximum atomic E-state index is 13.0. The van der Waals surface area contributed by atoms with E-state index in [1.807, 2.05) is 24.3 Å². The molecule has 1 aliphatic heterocycles. The fourth-order valence-electron chi connectivity index (χ4n) is 4.45. The van der Waals surface area contributed by atoms with Crippen LogP contribution in [0.1, 0.15) is 35.6 Å². The number of nitrogens with zero attached hydrogens (tertiary/aromatic N) is 2. The number of fused-ring (bicyclic) bond motifs is 1. The lowest BCUT2D eigenvalue weighted by Gasteiger charge is -2.33. The zero-order valence-electron chi connectivity index (χ0n) is 20.1. The molecule has 0 spiro atoms. The van der Waals surface area contributed by atoms with Gasteiger partial charge in [0.25, 0.3) is 0 Å². The van der Waals surface area contributed by atoms with Crippen molar-refractivity contribution in [3.63, 3.8) is 0 Å². The van der Waals surface area contributed by atoms with Crippen LogP contribution in [0.15, 0.2) is 54.7 Å². The predicted molar refractivity (Wildman–Crippen MR) is 136 cm³/mol. The van der Waals surface area contributed by atoms with E-state index in [9.17, 15) is 23.1 Å². The van der Waals surface area contributed by atoms with E-state index in [1.165, 1.54) is 18.2 Å². The Morgan fingerprint density at radius 2 is 2.00 bits per heavy atom. The van der Waals surface area contributed by atoms with Crippen LogP contribution < -0.4 is 10.1 Å². The third-order valence-electron chi connectivity index (χ3n) is 6.43. The molecule has 6 nitrogen and oxygen atoms in total. The van der Waals surface area contributed by atoms with Crippen LogP contribution in [0.2, 0.25) is 5.02 Å². The Kier molecular flexibility index (Phi) is 8.36. The van der Waals surface area contributed by atoms with Gasteiger partial charge in [0.2, 0.25) is 5.91 Å². The average Bonchev–Trinajstić information content (AvgIpc) is 2.88. The second kappa shape index (κ2) is 11.5. The van der Waals surface area contributed by atoms with Gasteiger partial charge in [-0.3, -0.25) is 9.78 Å².